The molecule has 1 unspecified atom stereocenters. The van der Waals surface area contributed by atoms with Crippen molar-refractivity contribution in [1.82, 2.24) is 20.3 Å². The predicted molar refractivity (Wildman–Crippen MR) is 59.0 cm³/mol. The Balaban J connectivity index is 2.24. The summed E-state index contributed by atoms with van der Waals surface area (Å²) in [4.78, 5) is 0. The number of nitrogens with one attached hydrogen (secondary N) is 1. The monoisotopic (exact) mass is 248 g/mol. The Bertz CT molecular complexity index is 319. The van der Waals surface area contributed by atoms with Crippen molar-refractivity contribution in [3.05, 3.63) is 11.9 Å². The first-order valence-corrected chi connectivity index (χ1v) is 5.50. The molecular formula is C10H18F2N4O. The molecule has 7 heteroatoms. The van der Waals surface area contributed by atoms with Crippen LogP contribution in [0.4, 0.5) is 8.78 Å². The SMILES string of the molecule is CNC(CCOCC(F)F)Cc1cn(C)nn1. The van der Waals surface area contributed by atoms with Crippen LogP contribution in [0.5, 0.6) is 0 Å². The minimum Gasteiger partial charge on any atom is -0.375 e. The molecule has 0 aliphatic heterocycles. The molecule has 0 saturated carbocycles. The lowest BCUT2D eigenvalue weighted by atomic mass is 10.1. The summed E-state index contributed by atoms with van der Waals surface area (Å²) in [5, 5.41) is 10.9. The Kier molecular flexibility index (Phi) is 5.99. The predicted octanol–water partition coefficient (Wildman–Crippen LogP) is 0.617. The Morgan fingerprint density at radius 2 is 2.29 bits per heavy atom. The number of halogens is 2. The van der Waals surface area contributed by atoms with Gasteiger partial charge in [0.2, 0.25) is 0 Å². The summed E-state index contributed by atoms with van der Waals surface area (Å²) in [5.74, 6) is 0. The summed E-state index contributed by atoms with van der Waals surface area (Å²) in [7, 11) is 3.63. The standard InChI is InChI=1S/C10H18F2N4O/c1-13-8(3-4-17-7-10(11)12)5-9-6-16(2)15-14-9/h6,8,10,13H,3-5,7H2,1-2H3. The first-order valence-electron chi connectivity index (χ1n) is 5.50. The third-order valence-electron chi connectivity index (χ3n) is 2.37. The summed E-state index contributed by atoms with van der Waals surface area (Å²) in [6.07, 6.45) is 0.815. The van der Waals surface area contributed by atoms with Crippen LogP contribution in [0.3, 0.4) is 0 Å². The molecule has 0 aliphatic carbocycles. The van der Waals surface area contributed by atoms with Gasteiger partial charge in [-0.15, -0.1) is 5.10 Å². The third kappa shape index (κ3) is 5.69. The number of likely N-dealkylation sites (N-methyl/N-ethyl adjacent to an activating group) is 1. The topological polar surface area (TPSA) is 52.0 Å². The fourth-order valence-corrected chi connectivity index (χ4v) is 1.49. The molecule has 0 saturated heterocycles. The van der Waals surface area contributed by atoms with E-state index in [1.54, 1.807) is 11.7 Å². The highest BCUT2D eigenvalue weighted by molar-refractivity contribution is 4.95. The van der Waals surface area contributed by atoms with Gasteiger partial charge in [-0.2, -0.15) is 0 Å². The average Bonchev–Trinajstić information content (AvgIpc) is 2.68. The van der Waals surface area contributed by atoms with Crippen molar-refractivity contribution in [2.24, 2.45) is 7.05 Å². The summed E-state index contributed by atoms with van der Waals surface area (Å²) >= 11 is 0. The van der Waals surface area contributed by atoms with Gasteiger partial charge in [0.1, 0.15) is 6.61 Å². The maximum absolute atomic E-state index is 11.8. The second kappa shape index (κ2) is 7.29. The van der Waals surface area contributed by atoms with E-state index in [4.69, 9.17) is 4.74 Å². The number of nitrogens with zero attached hydrogens (tertiary/aromatic N) is 3. The zero-order valence-corrected chi connectivity index (χ0v) is 10.1. The maximum atomic E-state index is 11.8. The first-order chi connectivity index (χ1) is 8.11. The van der Waals surface area contributed by atoms with Crippen LogP contribution in [0, 0.1) is 0 Å². The maximum Gasteiger partial charge on any atom is 0.261 e. The van der Waals surface area contributed by atoms with Crippen LogP contribution >= 0.6 is 0 Å². The first kappa shape index (κ1) is 14.0. The lowest BCUT2D eigenvalue weighted by Gasteiger charge is -2.14. The zero-order valence-electron chi connectivity index (χ0n) is 10.1. The number of aryl methyl sites for hydroxylation is 1. The number of hydrogen-bond donors (Lipinski definition) is 1. The third-order valence-corrected chi connectivity index (χ3v) is 2.37. The van der Waals surface area contributed by atoms with E-state index in [2.05, 4.69) is 15.6 Å². The summed E-state index contributed by atoms with van der Waals surface area (Å²) in [6.45, 7) is -0.183. The van der Waals surface area contributed by atoms with Crippen LogP contribution in [0.1, 0.15) is 12.1 Å². The number of hydrogen-bond acceptors (Lipinski definition) is 4. The number of rotatable bonds is 8. The fourth-order valence-electron chi connectivity index (χ4n) is 1.49. The van der Waals surface area contributed by atoms with E-state index in [-0.39, 0.29) is 6.04 Å². The van der Waals surface area contributed by atoms with Gasteiger partial charge < -0.3 is 10.1 Å². The van der Waals surface area contributed by atoms with Crippen molar-refractivity contribution in [2.75, 3.05) is 20.3 Å². The smallest absolute Gasteiger partial charge is 0.261 e. The van der Waals surface area contributed by atoms with E-state index in [0.29, 0.717) is 19.4 Å². The molecule has 0 bridgehead atoms. The van der Waals surface area contributed by atoms with Crippen molar-refractivity contribution >= 4 is 0 Å². The average molecular weight is 248 g/mol. The molecule has 98 valence electrons. The molecule has 0 spiro atoms. The molecule has 0 radical (unpaired) electrons. The van der Waals surface area contributed by atoms with Crippen molar-refractivity contribution in [3.63, 3.8) is 0 Å². The normalized spacial score (nSPS) is 13.2. The fraction of sp³-hybridized carbons (Fsp3) is 0.800. The molecule has 0 fully saturated rings. The molecule has 1 aromatic rings. The van der Waals surface area contributed by atoms with Gasteiger partial charge in [0.25, 0.3) is 6.43 Å². The molecular weight excluding hydrogens is 230 g/mol. The molecule has 1 N–H and O–H groups in total. The van der Waals surface area contributed by atoms with E-state index >= 15 is 0 Å². The number of aromatic nitrogens is 3. The Hall–Kier alpha value is -1.08. The molecule has 17 heavy (non-hydrogen) atoms. The van der Waals surface area contributed by atoms with Gasteiger partial charge in [-0.1, -0.05) is 5.21 Å². The molecule has 1 heterocycles. The van der Waals surface area contributed by atoms with E-state index in [0.717, 1.165) is 5.69 Å². The minimum atomic E-state index is -2.40. The van der Waals surface area contributed by atoms with E-state index < -0.39 is 13.0 Å². The van der Waals surface area contributed by atoms with E-state index in [9.17, 15) is 8.78 Å². The molecule has 0 amide bonds. The summed E-state index contributed by atoms with van der Waals surface area (Å²) in [5.41, 5.74) is 0.876. The number of ether oxygens (including phenoxy) is 1. The Morgan fingerprint density at radius 1 is 1.53 bits per heavy atom. The van der Waals surface area contributed by atoms with Gasteiger partial charge in [0.05, 0.1) is 5.69 Å². The minimum absolute atomic E-state index is 0.157. The van der Waals surface area contributed by atoms with Crippen LogP contribution < -0.4 is 5.32 Å². The van der Waals surface area contributed by atoms with Gasteiger partial charge in [-0.05, 0) is 13.5 Å². The highest BCUT2D eigenvalue weighted by atomic mass is 19.3. The molecule has 0 aliphatic rings. The highest BCUT2D eigenvalue weighted by Crippen LogP contribution is 2.03. The highest BCUT2D eigenvalue weighted by Gasteiger charge is 2.10. The van der Waals surface area contributed by atoms with Crippen molar-refractivity contribution in [3.8, 4) is 0 Å². The lowest BCUT2D eigenvalue weighted by molar-refractivity contribution is 0.0146. The van der Waals surface area contributed by atoms with Gasteiger partial charge in [-0.3, -0.25) is 4.68 Å². The summed E-state index contributed by atoms with van der Waals surface area (Å²) < 4.78 is 30.1. The Morgan fingerprint density at radius 3 is 2.82 bits per heavy atom. The Labute approximate surface area is 99.1 Å². The van der Waals surface area contributed by atoms with Crippen LogP contribution in [0.15, 0.2) is 6.20 Å². The molecule has 1 rings (SSSR count). The lowest BCUT2D eigenvalue weighted by Crippen LogP contribution is -2.29. The van der Waals surface area contributed by atoms with Gasteiger partial charge in [0, 0.05) is 32.3 Å². The van der Waals surface area contributed by atoms with Gasteiger partial charge in [-0.25, -0.2) is 8.78 Å². The molecule has 5 nitrogen and oxygen atoms in total. The van der Waals surface area contributed by atoms with E-state index in [1.165, 1.54) is 0 Å². The molecule has 1 atom stereocenters. The second-order valence-corrected chi connectivity index (χ2v) is 3.83. The van der Waals surface area contributed by atoms with Gasteiger partial charge >= 0.3 is 0 Å². The molecule has 0 aromatic carbocycles. The zero-order chi connectivity index (χ0) is 12.7. The van der Waals surface area contributed by atoms with Crippen LogP contribution in [-0.2, 0) is 18.2 Å². The van der Waals surface area contributed by atoms with E-state index in [1.807, 2.05) is 13.2 Å². The van der Waals surface area contributed by atoms with Crippen LogP contribution in [0.2, 0.25) is 0 Å². The number of alkyl halides is 2. The van der Waals surface area contributed by atoms with Crippen LogP contribution in [0.25, 0.3) is 0 Å². The second-order valence-electron chi connectivity index (χ2n) is 3.83. The quantitative estimate of drug-likeness (QED) is 0.685. The van der Waals surface area contributed by atoms with Gasteiger partial charge in [0.15, 0.2) is 0 Å². The van der Waals surface area contributed by atoms with Crippen molar-refractivity contribution in [2.45, 2.75) is 25.3 Å². The van der Waals surface area contributed by atoms with Crippen molar-refractivity contribution < 1.29 is 13.5 Å². The summed E-state index contributed by atoms with van der Waals surface area (Å²) in [6, 6.07) is 0.157. The molecule has 1 aromatic heterocycles. The van der Waals surface area contributed by atoms with Crippen LogP contribution in [-0.4, -0.2) is 47.7 Å². The largest absolute Gasteiger partial charge is 0.375 e. The van der Waals surface area contributed by atoms with Crippen molar-refractivity contribution in [1.29, 1.82) is 0 Å².